The van der Waals surface area contributed by atoms with Gasteiger partial charge in [0.2, 0.25) is 0 Å². The van der Waals surface area contributed by atoms with E-state index in [1.807, 2.05) is 26.0 Å². The number of aromatic nitrogens is 1. The number of rotatable bonds is 3. The molecule has 1 atom stereocenters. The molecule has 0 radical (unpaired) electrons. The van der Waals surface area contributed by atoms with E-state index >= 15 is 0 Å². The molecule has 1 aromatic rings. The second-order valence-corrected chi connectivity index (χ2v) is 5.44. The Labute approximate surface area is 87.2 Å². The first-order chi connectivity index (χ1) is 6.72. The van der Waals surface area contributed by atoms with Gasteiger partial charge in [-0.1, -0.05) is 6.92 Å². The summed E-state index contributed by atoms with van der Waals surface area (Å²) in [5.41, 5.74) is 2.12. The van der Waals surface area contributed by atoms with E-state index in [0.29, 0.717) is 11.7 Å². The minimum atomic E-state index is -0.866. The fourth-order valence-corrected chi connectivity index (χ4v) is 2.48. The Kier molecular flexibility index (Phi) is 2.68. The SMILES string of the molecule is CCS(=O)c1ccc(C2CC2)nc1C. The molecule has 1 aliphatic rings. The quantitative estimate of drug-likeness (QED) is 0.765. The van der Waals surface area contributed by atoms with E-state index < -0.39 is 10.8 Å². The summed E-state index contributed by atoms with van der Waals surface area (Å²) in [7, 11) is -0.866. The molecule has 76 valence electrons. The van der Waals surface area contributed by atoms with Gasteiger partial charge in [0.25, 0.3) is 0 Å². The van der Waals surface area contributed by atoms with Crippen LogP contribution < -0.4 is 0 Å². The molecule has 0 aliphatic heterocycles. The highest BCUT2D eigenvalue weighted by Crippen LogP contribution is 2.39. The minimum Gasteiger partial charge on any atom is -0.257 e. The predicted molar refractivity (Wildman–Crippen MR) is 57.9 cm³/mol. The fourth-order valence-electron chi connectivity index (χ4n) is 1.57. The molecular weight excluding hydrogens is 194 g/mol. The van der Waals surface area contributed by atoms with Crippen LogP contribution in [0.3, 0.4) is 0 Å². The van der Waals surface area contributed by atoms with Crippen LogP contribution in [0.2, 0.25) is 0 Å². The van der Waals surface area contributed by atoms with Crippen molar-refractivity contribution in [2.75, 3.05) is 5.75 Å². The number of hydrogen-bond donors (Lipinski definition) is 0. The first-order valence-electron chi connectivity index (χ1n) is 5.08. The molecule has 0 saturated heterocycles. The van der Waals surface area contributed by atoms with Crippen molar-refractivity contribution in [1.29, 1.82) is 0 Å². The standard InChI is InChI=1S/C11H15NOS/c1-3-14(13)11-7-6-10(9-4-5-9)12-8(11)2/h6-7,9H,3-5H2,1-2H3. The molecule has 0 aromatic carbocycles. The topological polar surface area (TPSA) is 30.0 Å². The van der Waals surface area contributed by atoms with Crippen LogP contribution in [-0.2, 0) is 10.8 Å². The normalized spacial score (nSPS) is 18.1. The maximum Gasteiger partial charge on any atom is 0.0600 e. The van der Waals surface area contributed by atoms with Gasteiger partial charge in [0.15, 0.2) is 0 Å². The second kappa shape index (κ2) is 3.81. The molecule has 2 nitrogen and oxygen atoms in total. The maximum atomic E-state index is 11.6. The third-order valence-electron chi connectivity index (χ3n) is 2.56. The van der Waals surface area contributed by atoms with Crippen molar-refractivity contribution in [2.45, 2.75) is 37.5 Å². The van der Waals surface area contributed by atoms with Crippen molar-refractivity contribution in [2.24, 2.45) is 0 Å². The van der Waals surface area contributed by atoms with E-state index in [1.54, 1.807) is 0 Å². The lowest BCUT2D eigenvalue weighted by Crippen LogP contribution is -2.00. The van der Waals surface area contributed by atoms with E-state index in [0.717, 1.165) is 10.6 Å². The molecular formula is C11H15NOS. The van der Waals surface area contributed by atoms with Crippen LogP contribution in [0.5, 0.6) is 0 Å². The number of pyridine rings is 1. The Morgan fingerprint density at radius 1 is 1.50 bits per heavy atom. The van der Waals surface area contributed by atoms with Gasteiger partial charge in [0, 0.05) is 17.4 Å². The van der Waals surface area contributed by atoms with Gasteiger partial charge >= 0.3 is 0 Å². The molecule has 0 bridgehead atoms. The highest BCUT2D eigenvalue weighted by Gasteiger charge is 2.25. The molecule has 1 saturated carbocycles. The minimum absolute atomic E-state index is 0.672. The number of hydrogen-bond acceptors (Lipinski definition) is 2. The fraction of sp³-hybridized carbons (Fsp3) is 0.545. The summed E-state index contributed by atoms with van der Waals surface area (Å²) < 4.78 is 11.6. The van der Waals surface area contributed by atoms with Crippen molar-refractivity contribution in [3.63, 3.8) is 0 Å². The molecule has 1 aliphatic carbocycles. The van der Waals surface area contributed by atoms with Crippen LogP contribution >= 0.6 is 0 Å². The first kappa shape index (κ1) is 9.84. The molecule has 1 aromatic heterocycles. The summed E-state index contributed by atoms with van der Waals surface area (Å²) in [6.07, 6.45) is 2.53. The summed E-state index contributed by atoms with van der Waals surface area (Å²) in [5, 5.41) is 0. The lowest BCUT2D eigenvalue weighted by molar-refractivity contribution is 0.682. The smallest absolute Gasteiger partial charge is 0.0600 e. The van der Waals surface area contributed by atoms with Gasteiger partial charge in [-0.3, -0.25) is 9.19 Å². The Morgan fingerprint density at radius 2 is 2.21 bits per heavy atom. The van der Waals surface area contributed by atoms with Crippen molar-refractivity contribution in [3.05, 3.63) is 23.5 Å². The molecule has 2 rings (SSSR count). The van der Waals surface area contributed by atoms with Crippen molar-refractivity contribution < 1.29 is 4.21 Å². The second-order valence-electron chi connectivity index (χ2n) is 3.73. The Balaban J connectivity index is 2.30. The summed E-state index contributed by atoms with van der Waals surface area (Å²) in [6, 6.07) is 4.02. The monoisotopic (exact) mass is 209 g/mol. The lowest BCUT2D eigenvalue weighted by Gasteiger charge is -2.05. The summed E-state index contributed by atoms with van der Waals surface area (Å²) in [5.74, 6) is 1.35. The molecule has 1 heterocycles. The zero-order valence-electron chi connectivity index (χ0n) is 8.62. The Bertz CT molecular complexity index is 372. The zero-order valence-corrected chi connectivity index (χ0v) is 9.43. The van der Waals surface area contributed by atoms with Gasteiger partial charge in [0.05, 0.1) is 21.4 Å². The lowest BCUT2D eigenvalue weighted by atomic mass is 10.2. The predicted octanol–water partition coefficient (Wildman–Crippen LogP) is 2.39. The van der Waals surface area contributed by atoms with Crippen LogP contribution in [0.1, 0.15) is 37.1 Å². The van der Waals surface area contributed by atoms with E-state index in [4.69, 9.17) is 0 Å². The van der Waals surface area contributed by atoms with Crippen LogP contribution in [0.15, 0.2) is 17.0 Å². The van der Waals surface area contributed by atoms with Gasteiger partial charge in [0.1, 0.15) is 0 Å². The molecule has 0 amide bonds. The van der Waals surface area contributed by atoms with Crippen molar-refractivity contribution in [3.8, 4) is 0 Å². The van der Waals surface area contributed by atoms with Gasteiger partial charge < -0.3 is 0 Å². The van der Waals surface area contributed by atoms with Gasteiger partial charge in [-0.2, -0.15) is 0 Å². The van der Waals surface area contributed by atoms with Crippen LogP contribution in [0.4, 0.5) is 0 Å². The summed E-state index contributed by atoms with van der Waals surface area (Å²) >= 11 is 0. The van der Waals surface area contributed by atoms with Crippen molar-refractivity contribution >= 4 is 10.8 Å². The van der Waals surface area contributed by atoms with E-state index in [9.17, 15) is 4.21 Å². The van der Waals surface area contributed by atoms with E-state index in [-0.39, 0.29) is 0 Å². The molecule has 3 heteroatoms. The van der Waals surface area contributed by atoms with Crippen LogP contribution in [0.25, 0.3) is 0 Å². The van der Waals surface area contributed by atoms with Gasteiger partial charge in [-0.05, 0) is 31.9 Å². The van der Waals surface area contributed by atoms with Crippen molar-refractivity contribution in [1.82, 2.24) is 4.98 Å². The maximum absolute atomic E-state index is 11.6. The molecule has 1 unspecified atom stereocenters. The number of nitrogens with zero attached hydrogens (tertiary/aromatic N) is 1. The zero-order chi connectivity index (χ0) is 10.1. The summed E-state index contributed by atoms with van der Waals surface area (Å²) in [4.78, 5) is 5.41. The highest BCUT2D eigenvalue weighted by atomic mass is 32.2. The van der Waals surface area contributed by atoms with Crippen LogP contribution in [0, 0.1) is 6.92 Å². The Hall–Kier alpha value is -0.700. The van der Waals surface area contributed by atoms with Gasteiger partial charge in [-0.25, -0.2) is 0 Å². The Morgan fingerprint density at radius 3 is 2.71 bits per heavy atom. The average molecular weight is 209 g/mol. The van der Waals surface area contributed by atoms with E-state index in [1.165, 1.54) is 18.5 Å². The third kappa shape index (κ3) is 1.87. The molecule has 0 spiro atoms. The summed E-state index contributed by atoms with van der Waals surface area (Å²) in [6.45, 7) is 3.89. The largest absolute Gasteiger partial charge is 0.257 e. The highest BCUT2D eigenvalue weighted by molar-refractivity contribution is 7.85. The molecule has 14 heavy (non-hydrogen) atoms. The molecule has 0 N–H and O–H groups in total. The third-order valence-corrected chi connectivity index (χ3v) is 4.01. The van der Waals surface area contributed by atoms with Crippen LogP contribution in [-0.4, -0.2) is 14.9 Å². The van der Waals surface area contributed by atoms with Gasteiger partial charge in [-0.15, -0.1) is 0 Å². The number of aryl methyl sites for hydroxylation is 1. The van der Waals surface area contributed by atoms with E-state index in [2.05, 4.69) is 4.98 Å². The first-order valence-corrected chi connectivity index (χ1v) is 6.40. The average Bonchev–Trinajstić information content (AvgIpc) is 3.00. The molecule has 1 fully saturated rings.